The molecule has 29 heavy (non-hydrogen) atoms. The number of hydrogen-bond acceptors (Lipinski definition) is 6. The van der Waals surface area contributed by atoms with Crippen molar-refractivity contribution in [2.75, 3.05) is 28.5 Å². The van der Waals surface area contributed by atoms with Crippen molar-refractivity contribution in [1.82, 2.24) is 0 Å². The van der Waals surface area contributed by atoms with E-state index in [9.17, 15) is 18.0 Å². The maximum absolute atomic E-state index is 12.9. The lowest BCUT2D eigenvalue weighted by molar-refractivity contribution is -0.122. The van der Waals surface area contributed by atoms with E-state index < -0.39 is 28.0 Å². The largest absolute Gasteiger partial charge is 0.476 e. The zero-order valence-electron chi connectivity index (χ0n) is 16.1. The lowest BCUT2D eigenvalue weighted by atomic mass is 10.1. The van der Waals surface area contributed by atoms with Crippen LogP contribution in [-0.4, -0.2) is 45.3 Å². The van der Waals surface area contributed by atoms with Crippen LogP contribution < -0.4 is 14.4 Å². The first kappa shape index (κ1) is 20.7. The van der Waals surface area contributed by atoms with Gasteiger partial charge in [0.2, 0.25) is 10.0 Å². The number of anilines is 2. The zero-order chi connectivity index (χ0) is 21.0. The number of carbonyl (C=O) groups excluding carboxylic acids is 2. The van der Waals surface area contributed by atoms with Crippen molar-refractivity contribution in [3.63, 3.8) is 0 Å². The normalized spacial score (nSPS) is 15.8. The number of hydrogen-bond donors (Lipinski definition) is 1. The fourth-order valence-corrected chi connectivity index (χ4v) is 4.07. The van der Waals surface area contributed by atoms with Gasteiger partial charge in [-0.05, 0) is 38.1 Å². The standard InChI is InChI=1S/C20H22N2O6S/c1-3-27-20(24)14-9-5-6-10-15(14)21-19(23)18-13-22(29(25,26)4-2)16-11-7-8-12-17(16)28-18/h5-12,18H,3-4,13H2,1-2H3,(H,21,23). The summed E-state index contributed by atoms with van der Waals surface area (Å²) in [5.74, 6) is -0.933. The molecular weight excluding hydrogens is 396 g/mol. The molecule has 1 atom stereocenters. The highest BCUT2D eigenvalue weighted by atomic mass is 32.2. The molecule has 0 saturated heterocycles. The fraction of sp³-hybridized carbons (Fsp3) is 0.300. The Balaban J connectivity index is 1.87. The summed E-state index contributed by atoms with van der Waals surface area (Å²) in [7, 11) is -3.60. The van der Waals surface area contributed by atoms with E-state index in [1.807, 2.05) is 0 Å². The van der Waals surface area contributed by atoms with Crippen LogP contribution in [0.15, 0.2) is 48.5 Å². The highest BCUT2D eigenvalue weighted by Crippen LogP contribution is 2.35. The van der Waals surface area contributed by atoms with E-state index in [-0.39, 0.29) is 30.2 Å². The van der Waals surface area contributed by atoms with Crippen LogP contribution in [0.3, 0.4) is 0 Å². The molecule has 1 unspecified atom stereocenters. The Bertz CT molecular complexity index is 1020. The van der Waals surface area contributed by atoms with Crippen molar-refractivity contribution in [2.24, 2.45) is 0 Å². The summed E-state index contributed by atoms with van der Waals surface area (Å²) in [5.41, 5.74) is 0.866. The van der Waals surface area contributed by atoms with Gasteiger partial charge in [0.25, 0.3) is 5.91 Å². The Kier molecular flexibility index (Phi) is 6.07. The average molecular weight is 418 g/mol. The number of nitrogens with zero attached hydrogens (tertiary/aromatic N) is 1. The minimum atomic E-state index is -3.60. The summed E-state index contributed by atoms with van der Waals surface area (Å²) in [6.45, 7) is 3.27. The van der Waals surface area contributed by atoms with Gasteiger partial charge in [0, 0.05) is 0 Å². The molecule has 0 spiro atoms. The number of fused-ring (bicyclic) bond motifs is 1. The molecule has 1 aliphatic rings. The lowest BCUT2D eigenvalue weighted by Gasteiger charge is -2.34. The van der Waals surface area contributed by atoms with E-state index in [4.69, 9.17) is 9.47 Å². The third kappa shape index (κ3) is 4.34. The molecule has 9 heteroatoms. The van der Waals surface area contributed by atoms with Crippen molar-refractivity contribution >= 4 is 33.3 Å². The summed E-state index contributed by atoms with van der Waals surface area (Å²) >= 11 is 0. The number of benzene rings is 2. The van der Waals surface area contributed by atoms with E-state index >= 15 is 0 Å². The summed E-state index contributed by atoms with van der Waals surface area (Å²) in [6, 6.07) is 13.1. The first-order valence-electron chi connectivity index (χ1n) is 9.20. The Hall–Kier alpha value is -3.07. The fourth-order valence-electron chi connectivity index (χ4n) is 2.95. The third-order valence-corrected chi connectivity index (χ3v) is 6.16. The highest BCUT2D eigenvalue weighted by molar-refractivity contribution is 7.92. The summed E-state index contributed by atoms with van der Waals surface area (Å²) in [6.07, 6.45) is -1.08. The van der Waals surface area contributed by atoms with Crippen LogP contribution in [0.25, 0.3) is 0 Å². The molecule has 3 rings (SSSR count). The van der Waals surface area contributed by atoms with Crippen LogP contribution in [0, 0.1) is 0 Å². The first-order valence-corrected chi connectivity index (χ1v) is 10.8. The minimum Gasteiger partial charge on any atom is -0.476 e. The molecule has 0 radical (unpaired) electrons. The van der Waals surface area contributed by atoms with Crippen LogP contribution in [0.2, 0.25) is 0 Å². The molecule has 0 saturated carbocycles. The molecule has 1 amide bonds. The monoisotopic (exact) mass is 418 g/mol. The van der Waals surface area contributed by atoms with Crippen LogP contribution in [-0.2, 0) is 19.6 Å². The molecule has 0 fully saturated rings. The van der Waals surface area contributed by atoms with Gasteiger partial charge in [-0.2, -0.15) is 0 Å². The topological polar surface area (TPSA) is 102 Å². The summed E-state index contributed by atoms with van der Waals surface area (Å²) in [4.78, 5) is 25.0. The maximum Gasteiger partial charge on any atom is 0.340 e. The molecule has 0 aliphatic carbocycles. The van der Waals surface area contributed by atoms with E-state index in [1.165, 1.54) is 11.2 Å². The molecule has 1 heterocycles. The van der Waals surface area contributed by atoms with Crippen LogP contribution in [0.5, 0.6) is 5.75 Å². The number of nitrogens with one attached hydrogen (secondary N) is 1. The smallest absolute Gasteiger partial charge is 0.340 e. The van der Waals surface area contributed by atoms with Crippen LogP contribution in [0.1, 0.15) is 24.2 Å². The molecule has 0 aromatic heterocycles. The minimum absolute atomic E-state index is 0.110. The molecule has 2 aromatic carbocycles. The van der Waals surface area contributed by atoms with Crippen molar-refractivity contribution in [3.05, 3.63) is 54.1 Å². The quantitative estimate of drug-likeness (QED) is 0.723. The van der Waals surface area contributed by atoms with Crippen molar-refractivity contribution in [1.29, 1.82) is 0 Å². The van der Waals surface area contributed by atoms with Gasteiger partial charge in [-0.3, -0.25) is 9.10 Å². The average Bonchev–Trinajstić information content (AvgIpc) is 2.73. The van der Waals surface area contributed by atoms with Gasteiger partial charge in [-0.1, -0.05) is 24.3 Å². The van der Waals surface area contributed by atoms with Gasteiger partial charge in [-0.15, -0.1) is 0 Å². The number of rotatable bonds is 6. The van der Waals surface area contributed by atoms with E-state index in [1.54, 1.807) is 55.5 Å². The zero-order valence-corrected chi connectivity index (χ0v) is 16.9. The van der Waals surface area contributed by atoms with Crippen LogP contribution in [0.4, 0.5) is 11.4 Å². The van der Waals surface area contributed by atoms with E-state index in [2.05, 4.69) is 5.32 Å². The molecule has 8 nitrogen and oxygen atoms in total. The van der Waals surface area contributed by atoms with Gasteiger partial charge in [-0.25, -0.2) is 13.2 Å². The van der Waals surface area contributed by atoms with Crippen molar-refractivity contribution in [2.45, 2.75) is 20.0 Å². The summed E-state index contributed by atoms with van der Waals surface area (Å²) in [5, 5.41) is 2.65. The second-order valence-electron chi connectivity index (χ2n) is 6.26. The van der Waals surface area contributed by atoms with Gasteiger partial charge < -0.3 is 14.8 Å². The Labute approximate surface area is 169 Å². The Morgan fingerprint density at radius 3 is 2.55 bits per heavy atom. The molecule has 2 aromatic rings. The second kappa shape index (κ2) is 8.52. The highest BCUT2D eigenvalue weighted by Gasteiger charge is 2.36. The van der Waals surface area contributed by atoms with Gasteiger partial charge >= 0.3 is 5.97 Å². The Morgan fingerprint density at radius 1 is 1.14 bits per heavy atom. The Morgan fingerprint density at radius 2 is 1.83 bits per heavy atom. The maximum atomic E-state index is 12.9. The molecular formula is C20H22N2O6S. The third-order valence-electron chi connectivity index (χ3n) is 4.41. The number of amides is 1. The molecule has 1 aliphatic heterocycles. The van der Waals surface area contributed by atoms with E-state index in [0.717, 1.165) is 0 Å². The number of carbonyl (C=O) groups is 2. The first-order chi connectivity index (χ1) is 13.9. The van der Waals surface area contributed by atoms with Crippen LogP contribution >= 0.6 is 0 Å². The predicted molar refractivity (Wildman–Crippen MR) is 109 cm³/mol. The molecule has 154 valence electrons. The number of ether oxygens (including phenoxy) is 2. The van der Waals surface area contributed by atoms with Gasteiger partial charge in [0.15, 0.2) is 6.10 Å². The number of esters is 1. The van der Waals surface area contributed by atoms with E-state index in [0.29, 0.717) is 11.4 Å². The lowest BCUT2D eigenvalue weighted by Crippen LogP contribution is -2.49. The van der Waals surface area contributed by atoms with Crippen molar-refractivity contribution in [3.8, 4) is 5.75 Å². The number of para-hydroxylation sites is 3. The van der Waals surface area contributed by atoms with Gasteiger partial charge in [0.05, 0.1) is 35.8 Å². The molecule has 0 bridgehead atoms. The van der Waals surface area contributed by atoms with Gasteiger partial charge in [0.1, 0.15) is 5.75 Å². The number of sulfonamides is 1. The molecule has 1 N–H and O–H groups in total. The predicted octanol–water partition coefficient (Wildman–Crippen LogP) is 2.42. The summed E-state index contributed by atoms with van der Waals surface area (Å²) < 4.78 is 37.0. The second-order valence-corrected chi connectivity index (χ2v) is 8.44. The SMILES string of the molecule is CCOC(=O)c1ccccc1NC(=O)C1CN(S(=O)(=O)CC)c2ccccc2O1. The van der Waals surface area contributed by atoms with Crippen molar-refractivity contribution < 1.29 is 27.5 Å².